The van der Waals surface area contributed by atoms with Crippen molar-refractivity contribution < 1.29 is 4.79 Å². The smallest absolute Gasteiger partial charge is 0.141 e. The molecule has 1 saturated carbocycles. The average molecular weight is 183 g/mol. The second-order valence-corrected chi connectivity index (χ2v) is 5.24. The number of hydrogen-bond acceptors (Lipinski definition) is 2. The van der Waals surface area contributed by atoms with Crippen molar-refractivity contribution in [1.29, 1.82) is 0 Å². The fourth-order valence-electron chi connectivity index (χ4n) is 2.08. The topological polar surface area (TPSA) is 43.1 Å². The highest BCUT2D eigenvalue weighted by molar-refractivity contribution is 5.86. The maximum Gasteiger partial charge on any atom is 0.141 e. The minimum absolute atomic E-state index is 0.193. The minimum atomic E-state index is -0.193. The lowest BCUT2D eigenvalue weighted by molar-refractivity contribution is -0.131. The van der Waals surface area contributed by atoms with Gasteiger partial charge in [0.1, 0.15) is 5.78 Å². The second kappa shape index (κ2) is 3.79. The molecular formula is C11H21NO. The van der Waals surface area contributed by atoms with Crippen molar-refractivity contribution in [2.45, 2.75) is 52.5 Å². The normalized spacial score (nSPS) is 30.2. The summed E-state index contributed by atoms with van der Waals surface area (Å²) in [4.78, 5) is 11.9. The van der Waals surface area contributed by atoms with Crippen LogP contribution in [0.15, 0.2) is 0 Å². The van der Waals surface area contributed by atoms with Crippen LogP contribution in [0.25, 0.3) is 0 Å². The first-order chi connectivity index (χ1) is 5.91. The van der Waals surface area contributed by atoms with E-state index in [0.29, 0.717) is 5.78 Å². The van der Waals surface area contributed by atoms with Gasteiger partial charge in [0, 0.05) is 17.4 Å². The molecule has 2 nitrogen and oxygen atoms in total. The maximum atomic E-state index is 11.9. The van der Waals surface area contributed by atoms with Gasteiger partial charge in [0.15, 0.2) is 0 Å². The number of carbonyl (C=O) groups is 1. The van der Waals surface area contributed by atoms with Crippen molar-refractivity contribution in [2.75, 3.05) is 0 Å². The number of rotatable bonds is 1. The van der Waals surface area contributed by atoms with Gasteiger partial charge < -0.3 is 5.73 Å². The third-order valence-corrected chi connectivity index (χ3v) is 2.82. The molecule has 2 heteroatoms. The lowest BCUT2D eigenvalue weighted by atomic mass is 9.75. The van der Waals surface area contributed by atoms with Gasteiger partial charge in [-0.05, 0) is 19.3 Å². The van der Waals surface area contributed by atoms with Crippen molar-refractivity contribution >= 4 is 5.78 Å². The van der Waals surface area contributed by atoms with E-state index < -0.39 is 0 Å². The standard InChI is InChI=1S/C11H21NO/c1-11(2,3)10(13)8-5-4-6-9(12)7-8/h8-9H,4-7,12H2,1-3H3. The molecule has 0 aliphatic heterocycles. The van der Waals surface area contributed by atoms with Gasteiger partial charge in [-0.3, -0.25) is 4.79 Å². The molecule has 0 radical (unpaired) electrons. The molecule has 0 heterocycles. The molecule has 0 spiro atoms. The van der Waals surface area contributed by atoms with Crippen LogP contribution < -0.4 is 5.73 Å². The van der Waals surface area contributed by atoms with E-state index in [1.165, 1.54) is 0 Å². The van der Waals surface area contributed by atoms with Gasteiger partial charge in [-0.15, -0.1) is 0 Å². The van der Waals surface area contributed by atoms with Crippen LogP contribution in [0.1, 0.15) is 46.5 Å². The Balaban J connectivity index is 2.56. The molecule has 0 saturated heterocycles. The van der Waals surface area contributed by atoms with E-state index in [2.05, 4.69) is 0 Å². The fraction of sp³-hybridized carbons (Fsp3) is 0.909. The van der Waals surface area contributed by atoms with Gasteiger partial charge >= 0.3 is 0 Å². The zero-order valence-electron chi connectivity index (χ0n) is 8.97. The Labute approximate surface area is 80.9 Å². The third-order valence-electron chi connectivity index (χ3n) is 2.82. The molecule has 2 atom stereocenters. The van der Waals surface area contributed by atoms with E-state index in [4.69, 9.17) is 5.73 Å². The summed E-state index contributed by atoms with van der Waals surface area (Å²) in [5.74, 6) is 0.617. The molecule has 2 unspecified atom stereocenters. The van der Waals surface area contributed by atoms with Gasteiger partial charge in [-0.1, -0.05) is 27.2 Å². The molecule has 0 aromatic heterocycles. The van der Waals surface area contributed by atoms with Crippen molar-refractivity contribution in [1.82, 2.24) is 0 Å². The van der Waals surface area contributed by atoms with Crippen molar-refractivity contribution in [3.05, 3.63) is 0 Å². The number of nitrogens with two attached hydrogens (primary N) is 1. The Morgan fingerprint density at radius 3 is 2.38 bits per heavy atom. The summed E-state index contributed by atoms with van der Waals surface area (Å²) in [6.07, 6.45) is 4.15. The minimum Gasteiger partial charge on any atom is -0.328 e. The molecule has 0 aromatic rings. The van der Waals surface area contributed by atoms with Gasteiger partial charge in [-0.2, -0.15) is 0 Å². The maximum absolute atomic E-state index is 11.9. The molecule has 1 aliphatic carbocycles. The lowest BCUT2D eigenvalue weighted by Crippen LogP contribution is -2.36. The van der Waals surface area contributed by atoms with Crippen LogP contribution in [-0.2, 0) is 4.79 Å². The highest BCUT2D eigenvalue weighted by Gasteiger charge is 2.32. The zero-order valence-corrected chi connectivity index (χ0v) is 8.97. The molecule has 0 aromatic carbocycles. The van der Waals surface area contributed by atoms with E-state index in [1.807, 2.05) is 20.8 Å². The first-order valence-corrected chi connectivity index (χ1v) is 5.21. The molecule has 1 aliphatic rings. The summed E-state index contributed by atoms with van der Waals surface area (Å²) >= 11 is 0. The van der Waals surface area contributed by atoms with Crippen LogP contribution in [0.2, 0.25) is 0 Å². The predicted molar refractivity (Wildman–Crippen MR) is 54.4 cm³/mol. The van der Waals surface area contributed by atoms with E-state index in [0.717, 1.165) is 25.7 Å². The summed E-state index contributed by atoms with van der Waals surface area (Å²) < 4.78 is 0. The van der Waals surface area contributed by atoms with Crippen LogP contribution in [0.5, 0.6) is 0 Å². The first kappa shape index (κ1) is 10.7. The van der Waals surface area contributed by atoms with Gasteiger partial charge in [0.05, 0.1) is 0 Å². The van der Waals surface area contributed by atoms with E-state index in [-0.39, 0.29) is 17.4 Å². The Hall–Kier alpha value is -0.370. The lowest BCUT2D eigenvalue weighted by Gasteiger charge is -2.30. The van der Waals surface area contributed by atoms with Gasteiger partial charge in [0.25, 0.3) is 0 Å². The monoisotopic (exact) mass is 183 g/mol. The summed E-state index contributed by atoms with van der Waals surface area (Å²) in [5, 5.41) is 0. The third kappa shape index (κ3) is 2.80. The molecule has 0 amide bonds. The highest BCUT2D eigenvalue weighted by atomic mass is 16.1. The van der Waals surface area contributed by atoms with E-state index in [9.17, 15) is 4.79 Å². The molecule has 2 N–H and O–H groups in total. The Morgan fingerprint density at radius 2 is 1.92 bits per heavy atom. The van der Waals surface area contributed by atoms with Crippen molar-refractivity contribution in [3.63, 3.8) is 0 Å². The van der Waals surface area contributed by atoms with Gasteiger partial charge in [0.2, 0.25) is 0 Å². The van der Waals surface area contributed by atoms with Crippen molar-refractivity contribution in [3.8, 4) is 0 Å². The highest BCUT2D eigenvalue weighted by Crippen LogP contribution is 2.30. The molecule has 1 rings (SSSR count). The van der Waals surface area contributed by atoms with Crippen molar-refractivity contribution in [2.24, 2.45) is 17.1 Å². The molecule has 13 heavy (non-hydrogen) atoms. The molecule has 1 fully saturated rings. The summed E-state index contributed by atoms with van der Waals surface area (Å²) in [6, 6.07) is 0.255. The SMILES string of the molecule is CC(C)(C)C(=O)C1CCCC(N)C1. The Morgan fingerprint density at radius 1 is 1.31 bits per heavy atom. The molecule has 76 valence electrons. The first-order valence-electron chi connectivity index (χ1n) is 5.21. The summed E-state index contributed by atoms with van der Waals surface area (Å²) in [7, 11) is 0. The van der Waals surface area contributed by atoms with Gasteiger partial charge in [-0.25, -0.2) is 0 Å². The predicted octanol–water partition coefficient (Wildman–Crippen LogP) is 2.12. The largest absolute Gasteiger partial charge is 0.328 e. The molecular weight excluding hydrogens is 162 g/mol. The number of Topliss-reactive ketones (excluding diaryl/α,β-unsaturated/α-hetero) is 1. The number of hydrogen-bond donors (Lipinski definition) is 1. The quantitative estimate of drug-likeness (QED) is 0.676. The van der Waals surface area contributed by atoms with Crippen LogP contribution >= 0.6 is 0 Å². The zero-order chi connectivity index (χ0) is 10.1. The fourth-order valence-corrected chi connectivity index (χ4v) is 2.08. The Kier molecular flexibility index (Phi) is 3.12. The average Bonchev–Trinajstić information content (AvgIpc) is 2.01. The van der Waals surface area contributed by atoms with Crippen LogP contribution in [0.4, 0.5) is 0 Å². The van der Waals surface area contributed by atoms with Crippen LogP contribution in [0, 0.1) is 11.3 Å². The molecule has 0 bridgehead atoms. The summed E-state index contributed by atoms with van der Waals surface area (Å²) in [5.41, 5.74) is 5.66. The summed E-state index contributed by atoms with van der Waals surface area (Å²) in [6.45, 7) is 5.99. The number of carbonyl (C=O) groups excluding carboxylic acids is 1. The number of ketones is 1. The van der Waals surface area contributed by atoms with E-state index >= 15 is 0 Å². The van der Waals surface area contributed by atoms with E-state index in [1.54, 1.807) is 0 Å². The second-order valence-electron chi connectivity index (χ2n) is 5.24. The van der Waals surface area contributed by atoms with Crippen LogP contribution in [0.3, 0.4) is 0 Å². The van der Waals surface area contributed by atoms with Crippen LogP contribution in [-0.4, -0.2) is 11.8 Å². The Bertz CT molecular complexity index is 193.